The average molecular weight is 250 g/mol. The number of ether oxygens (including phenoxy) is 1. The monoisotopic (exact) mass is 250 g/mol. The molecule has 1 atom stereocenters. The molecule has 0 amide bonds. The molecule has 1 aromatic rings. The van der Waals surface area contributed by atoms with Crippen molar-refractivity contribution in [1.82, 2.24) is 0 Å². The van der Waals surface area contributed by atoms with E-state index in [9.17, 15) is 4.79 Å². The molecule has 0 bridgehead atoms. The standard InChI is InChI=1S/C15H22O3/c1-5-11(6-2)12-7-8-14(18-4)13(9-12)10(3)15(16)17/h7-11H,5-6H2,1-4H3,(H,16,17). The van der Waals surface area contributed by atoms with Gasteiger partial charge in [-0.15, -0.1) is 0 Å². The fourth-order valence-electron chi connectivity index (χ4n) is 2.24. The third-order valence-electron chi connectivity index (χ3n) is 3.55. The Hall–Kier alpha value is -1.51. The molecule has 1 rings (SSSR count). The van der Waals surface area contributed by atoms with Gasteiger partial charge in [0.15, 0.2) is 0 Å². The lowest BCUT2D eigenvalue weighted by atomic mass is 9.89. The van der Waals surface area contributed by atoms with Gasteiger partial charge >= 0.3 is 5.97 Å². The first-order valence-corrected chi connectivity index (χ1v) is 6.45. The molecule has 3 nitrogen and oxygen atoms in total. The van der Waals surface area contributed by atoms with Crippen molar-refractivity contribution in [2.75, 3.05) is 7.11 Å². The third-order valence-corrected chi connectivity index (χ3v) is 3.55. The molecule has 0 spiro atoms. The van der Waals surface area contributed by atoms with Crippen LogP contribution >= 0.6 is 0 Å². The Morgan fingerprint density at radius 3 is 2.39 bits per heavy atom. The Bertz CT molecular complexity index is 408. The quantitative estimate of drug-likeness (QED) is 0.835. The van der Waals surface area contributed by atoms with Gasteiger partial charge in [-0.2, -0.15) is 0 Å². The van der Waals surface area contributed by atoms with Crippen LogP contribution in [0, 0.1) is 0 Å². The summed E-state index contributed by atoms with van der Waals surface area (Å²) in [5, 5.41) is 9.14. The van der Waals surface area contributed by atoms with Gasteiger partial charge in [0.2, 0.25) is 0 Å². The molecule has 0 aromatic heterocycles. The highest BCUT2D eigenvalue weighted by atomic mass is 16.5. The highest BCUT2D eigenvalue weighted by molar-refractivity contribution is 5.76. The molecule has 1 N–H and O–H groups in total. The minimum Gasteiger partial charge on any atom is -0.496 e. The number of hydrogen-bond donors (Lipinski definition) is 1. The van der Waals surface area contributed by atoms with Crippen molar-refractivity contribution in [3.05, 3.63) is 29.3 Å². The van der Waals surface area contributed by atoms with Crippen LogP contribution in [-0.2, 0) is 4.79 Å². The number of benzene rings is 1. The van der Waals surface area contributed by atoms with Crippen LogP contribution < -0.4 is 4.74 Å². The van der Waals surface area contributed by atoms with Gasteiger partial charge in [-0.25, -0.2) is 0 Å². The van der Waals surface area contributed by atoms with E-state index in [-0.39, 0.29) is 0 Å². The first-order valence-electron chi connectivity index (χ1n) is 6.45. The van der Waals surface area contributed by atoms with Crippen molar-refractivity contribution in [2.24, 2.45) is 0 Å². The van der Waals surface area contributed by atoms with Crippen molar-refractivity contribution in [1.29, 1.82) is 0 Å². The zero-order chi connectivity index (χ0) is 13.7. The predicted molar refractivity (Wildman–Crippen MR) is 72.4 cm³/mol. The Morgan fingerprint density at radius 1 is 1.33 bits per heavy atom. The molecule has 0 aliphatic heterocycles. The Kier molecular flexibility index (Phi) is 5.20. The number of carboxylic acid groups (broad SMARTS) is 1. The molecule has 0 saturated heterocycles. The van der Waals surface area contributed by atoms with Crippen LogP contribution in [0.25, 0.3) is 0 Å². The molecule has 0 radical (unpaired) electrons. The minimum atomic E-state index is -0.824. The lowest BCUT2D eigenvalue weighted by Gasteiger charge is -2.18. The minimum absolute atomic E-state index is 0.482. The van der Waals surface area contributed by atoms with E-state index in [0.717, 1.165) is 18.4 Å². The van der Waals surface area contributed by atoms with Crippen LogP contribution in [-0.4, -0.2) is 18.2 Å². The number of rotatable bonds is 6. The van der Waals surface area contributed by atoms with Gasteiger partial charge in [-0.1, -0.05) is 26.0 Å². The maximum atomic E-state index is 11.1. The molecule has 0 aliphatic carbocycles. The second-order valence-electron chi connectivity index (χ2n) is 4.57. The molecule has 0 fully saturated rings. The highest BCUT2D eigenvalue weighted by Gasteiger charge is 2.20. The van der Waals surface area contributed by atoms with Gasteiger partial charge in [0, 0.05) is 5.56 Å². The summed E-state index contributed by atoms with van der Waals surface area (Å²) in [6, 6.07) is 5.90. The lowest BCUT2D eigenvalue weighted by Crippen LogP contribution is -2.10. The van der Waals surface area contributed by atoms with E-state index in [2.05, 4.69) is 13.8 Å². The highest BCUT2D eigenvalue weighted by Crippen LogP contribution is 2.32. The van der Waals surface area contributed by atoms with Gasteiger partial charge in [-0.05, 0) is 37.3 Å². The van der Waals surface area contributed by atoms with Gasteiger partial charge in [-0.3, -0.25) is 4.79 Å². The second kappa shape index (κ2) is 6.43. The van der Waals surface area contributed by atoms with Crippen LogP contribution in [0.15, 0.2) is 18.2 Å². The number of methoxy groups -OCH3 is 1. The fraction of sp³-hybridized carbons (Fsp3) is 0.533. The zero-order valence-corrected chi connectivity index (χ0v) is 11.6. The molecule has 1 unspecified atom stereocenters. The van der Waals surface area contributed by atoms with Crippen LogP contribution in [0.5, 0.6) is 5.75 Å². The van der Waals surface area contributed by atoms with E-state index in [1.807, 2.05) is 18.2 Å². The summed E-state index contributed by atoms with van der Waals surface area (Å²) >= 11 is 0. The van der Waals surface area contributed by atoms with Gasteiger partial charge in [0.25, 0.3) is 0 Å². The average Bonchev–Trinajstić information content (AvgIpc) is 2.39. The van der Waals surface area contributed by atoms with Crippen molar-refractivity contribution in [3.63, 3.8) is 0 Å². The number of carbonyl (C=O) groups is 1. The van der Waals surface area contributed by atoms with E-state index in [1.54, 1.807) is 14.0 Å². The molecular formula is C15H22O3. The maximum Gasteiger partial charge on any atom is 0.310 e. The van der Waals surface area contributed by atoms with E-state index in [0.29, 0.717) is 11.7 Å². The number of hydrogen-bond acceptors (Lipinski definition) is 2. The largest absolute Gasteiger partial charge is 0.496 e. The normalized spacial score (nSPS) is 12.5. The van der Waals surface area contributed by atoms with Crippen LogP contribution in [0.1, 0.15) is 56.6 Å². The van der Waals surface area contributed by atoms with Crippen molar-refractivity contribution in [2.45, 2.75) is 45.4 Å². The second-order valence-corrected chi connectivity index (χ2v) is 4.57. The van der Waals surface area contributed by atoms with Crippen molar-refractivity contribution in [3.8, 4) is 5.75 Å². The molecule has 0 saturated carbocycles. The molecule has 0 aliphatic rings. The summed E-state index contributed by atoms with van der Waals surface area (Å²) in [4.78, 5) is 11.1. The van der Waals surface area contributed by atoms with E-state index in [4.69, 9.17) is 9.84 Å². The van der Waals surface area contributed by atoms with E-state index in [1.165, 1.54) is 5.56 Å². The summed E-state index contributed by atoms with van der Waals surface area (Å²) in [5.41, 5.74) is 1.96. The van der Waals surface area contributed by atoms with Gasteiger partial charge < -0.3 is 9.84 Å². The van der Waals surface area contributed by atoms with Crippen LogP contribution in [0.2, 0.25) is 0 Å². The van der Waals surface area contributed by atoms with Crippen LogP contribution in [0.4, 0.5) is 0 Å². The summed E-state index contributed by atoms with van der Waals surface area (Å²) in [6.45, 7) is 5.99. The Labute approximate surface area is 109 Å². The first kappa shape index (κ1) is 14.6. The summed E-state index contributed by atoms with van der Waals surface area (Å²) in [7, 11) is 1.57. The lowest BCUT2D eigenvalue weighted by molar-refractivity contribution is -0.138. The summed E-state index contributed by atoms with van der Waals surface area (Å²) in [6.07, 6.45) is 2.12. The Morgan fingerprint density at radius 2 is 1.94 bits per heavy atom. The molecule has 0 heterocycles. The molecule has 1 aromatic carbocycles. The SMILES string of the molecule is CCC(CC)c1ccc(OC)c(C(C)C(=O)O)c1. The fourth-order valence-corrected chi connectivity index (χ4v) is 2.24. The van der Waals surface area contributed by atoms with Crippen LogP contribution in [0.3, 0.4) is 0 Å². The zero-order valence-electron chi connectivity index (χ0n) is 11.6. The van der Waals surface area contributed by atoms with Crippen molar-refractivity contribution >= 4 is 5.97 Å². The van der Waals surface area contributed by atoms with E-state index < -0.39 is 11.9 Å². The molecular weight excluding hydrogens is 228 g/mol. The van der Waals surface area contributed by atoms with E-state index >= 15 is 0 Å². The number of aliphatic carboxylic acids is 1. The Balaban J connectivity index is 3.20. The number of carboxylic acids is 1. The molecule has 100 valence electrons. The molecule has 3 heteroatoms. The topological polar surface area (TPSA) is 46.5 Å². The summed E-state index contributed by atoms with van der Waals surface area (Å²) < 4.78 is 5.26. The maximum absolute atomic E-state index is 11.1. The van der Waals surface area contributed by atoms with Gasteiger partial charge in [0.05, 0.1) is 13.0 Å². The predicted octanol–water partition coefficient (Wildman–Crippen LogP) is 3.79. The first-order chi connectivity index (χ1) is 8.54. The van der Waals surface area contributed by atoms with Gasteiger partial charge in [0.1, 0.15) is 5.75 Å². The summed E-state index contributed by atoms with van der Waals surface area (Å²) in [5.74, 6) is -0.237. The van der Waals surface area contributed by atoms with Crippen molar-refractivity contribution < 1.29 is 14.6 Å². The molecule has 18 heavy (non-hydrogen) atoms. The smallest absolute Gasteiger partial charge is 0.310 e. The third kappa shape index (κ3) is 3.03.